The first kappa shape index (κ1) is 55.0. The van der Waals surface area contributed by atoms with E-state index in [1.807, 2.05) is 33.8 Å². The summed E-state index contributed by atoms with van der Waals surface area (Å²) >= 11 is 0. The van der Waals surface area contributed by atoms with Crippen LogP contribution in [0.25, 0.3) is 21.9 Å². The molecule has 0 aliphatic heterocycles. The van der Waals surface area contributed by atoms with E-state index in [9.17, 15) is 15.0 Å². The number of benzene rings is 2. The minimum Gasteiger partial charge on any atom is -0.507 e. The van der Waals surface area contributed by atoms with Crippen LogP contribution < -0.4 is 14.9 Å². The van der Waals surface area contributed by atoms with Gasteiger partial charge in [0.1, 0.15) is 33.8 Å². The number of aromatic hydroxyl groups is 1. The van der Waals surface area contributed by atoms with Crippen LogP contribution in [0.3, 0.4) is 0 Å². The third-order valence-electron chi connectivity index (χ3n) is 13.1. The van der Waals surface area contributed by atoms with Gasteiger partial charge in [-0.3, -0.25) is 4.79 Å². The van der Waals surface area contributed by atoms with E-state index in [0.717, 1.165) is 63.0 Å². The summed E-state index contributed by atoms with van der Waals surface area (Å²) < 4.78 is 19.3. The highest BCUT2D eigenvalue weighted by Crippen LogP contribution is 2.39. The van der Waals surface area contributed by atoms with E-state index in [2.05, 4.69) is 43.6 Å². The van der Waals surface area contributed by atoms with Gasteiger partial charge >= 0.3 is 0 Å². The second kappa shape index (κ2) is 32.4. The van der Waals surface area contributed by atoms with Gasteiger partial charge in [0, 0.05) is 23.3 Å². The van der Waals surface area contributed by atoms with Crippen molar-refractivity contribution < 1.29 is 24.1 Å². The van der Waals surface area contributed by atoms with E-state index in [4.69, 9.17) is 13.9 Å². The van der Waals surface area contributed by atoms with Crippen molar-refractivity contribution in [1.29, 1.82) is 0 Å². The summed E-state index contributed by atoms with van der Waals surface area (Å²) in [4.78, 5) is 19.6. The van der Waals surface area contributed by atoms with E-state index in [0.29, 0.717) is 65.2 Å². The first-order valence-corrected chi connectivity index (χ1v) is 26.0. The molecule has 2 N–H and O–H groups in total. The molecule has 0 aliphatic carbocycles. The van der Waals surface area contributed by atoms with Gasteiger partial charge in [-0.1, -0.05) is 154 Å². The highest BCUT2D eigenvalue weighted by Gasteiger charge is 2.24. The minimum absolute atomic E-state index is 0.0985. The summed E-state index contributed by atoms with van der Waals surface area (Å²) in [5.41, 5.74) is 4.44. The molecule has 0 saturated heterocycles. The molecule has 0 unspecified atom stereocenters. The van der Waals surface area contributed by atoms with E-state index in [-0.39, 0.29) is 28.8 Å². The molecule has 1 aromatic heterocycles. The number of phenolic OH excluding ortho intramolecular Hbond substituents is 1. The van der Waals surface area contributed by atoms with Gasteiger partial charge in [0.15, 0.2) is 0 Å². The molecule has 0 fully saturated rings. The van der Waals surface area contributed by atoms with Crippen molar-refractivity contribution in [2.45, 2.75) is 203 Å². The molecule has 3 rings (SSSR count). The van der Waals surface area contributed by atoms with Crippen LogP contribution >= 0.6 is 0 Å². The Labute approximate surface area is 389 Å². The molecule has 0 saturated carbocycles. The Morgan fingerprint density at radius 1 is 0.531 bits per heavy atom. The molecule has 362 valence electrons. The molecule has 0 bridgehead atoms. The summed E-state index contributed by atoms with van der Waals surface area (Å²) in [5, 5.41) is 23.1. The van der Waals surface area contributed by atoms with Crippen molar-refractivity contribution in [3.63, 3.8) is 0 Å². The zero-order chi connectivity index (χ0) is 46.5. The zero-order valence-electron chi connectivity index (χ0n) is 42.2. The molecule has 0 spiro atoms. The minimum atomic E-state index is -0.309. The van der Waals surface area contributed by atoms with Crippen molar-refractivity contribution in [3.05, 3.63) is 62.3 Å². The number of nitrogens with zero attached hydrogens (tertiary/aromatic N) is 2. The number of aliphatic hydroxyl groups is 1. The van der Waals surface area contributed by atoms with Crippen molar-refractivity contribution in [2.75, 3.05) is 52.5 Å². The summed E-state index contributed by atoms with van der Waals surface area (Å²) in [6, 6.07) is 3.55. The summed E-state index contributed by atoms with van der Waals surface area (Å²) in [6.45, 7) is 24.9. The van der Waals surface area contributed by atoms with Crippen LogP contribution in [0.2, 0.25) is 0 Å². The number of fused-ring (bicyclic) bond motifs is 2. The lowest BCUT2D eigenvalue weighted by atomic mass is 9.95. The maximum Gasteiger partial charge on any atom is 0.204 e. The van der Waals surface area contributed by atoms with Gasteiger partial charge in [0.2, 0.25) is 5.43 Å². The van der Waals surface area contributed by atoms with Crippen molar-refractivity contribution in [2.24, 2.45) is 0 Å². The van der Waals surface area contributed by atoms with E-state index < -0.39 is 0 Å². The Hall–Kier alpha value is -3.33. The second-order valence-corrected chi connectivity index (χ2v) is 18.7. The Morgan fingerprint density at radius 2 is 0.891 bits per heavy atom. The molecule has 0 atom stereocenters. The van der Waals surface area contributed by atoms with Gasteiger partial charge in [-0.15, -0.1) is 0 Å². The van der Waals surface area contributed by atoms with Crippen LogP contribution in [0.15, 0.2) is 44.6 Å². The number of hydrogen-bond acceptors (Lipinski definition) is 8. The van der Waals surface area contributed by atoms with Crippen molar-refractivity contribution in [1.82, 2.24) is 9.80 Å². The molecule has 1 heterocycles. The molecular weight excluding hydrogens is 797 g/mol. The lowest BCUT2D eigenvalue weighted by Crippen LogP contribution is -2.23. The standard InChI is InChI=1S/C56H92N2O6/c1-9-57(10-2)37-29-25-21-17-13-15-19-23-27-31-39-62-49-41-52-54(55(60)47(49)36-34-45(7)8)56(61)53-46(35-33-44(5)6)48(43-59)50(42-51(53)64-52)63-40-32-28-24-20-16-14-18-22-26-30-38-58(11-3)12-4/h33-34,41-42,59-60H,9-32,35-40,43H2,1-8H3. The van der Waals surface area contributed by atoms with Crippen molar-refractivity contribution in [3.8, 4) is 17.2 Å². The van der Waals surface area contributed by atoms with Gasteiger partial charge < -0.3 is 33.9 Å². The maximum atomic E-state index is 14.6. The quantitative estimate of drug-likeness (QED) is 0.0336. The molecule has 8 heteroatoms. The van der Waals surface area contributed by atoms with Gasteiger partial charge in [-0.2, -0.15) is 0 Å². The Kier molecular flexibility index (Phi) is 27.8. The molecule has 2 aromatic carbocycles. The second-order valence-electron chi connectivity index (χ2n) is 18.7. The predicted molar refractivity (Wildman–Crippen MR) is 273 cm³/mol. The molecular formula is C56H92N2O6. The average molecular weight is 889 g/mol. The van der Waals surface area contributed by atoms with Crippen LogP contribution in [-0.2, 0) is 19.4 Å². The summed E-state index contributed by atoms with van der Waals surface area (Å²) in [5.74, 6) is 0.992. The third-order valence-corrected chi connectivity index (χ3v) is 13.1. The number of ether oxygens (including phenoxy) is 2. The fourth-order valence-corrected chi connectivity index (χ4v) is 8.88. The van der Waals surface area contributed by atoms with Gasteiger partial charge in [0.25, 0.3) is 0 Å². The number of phenols is 1. The zero-order valence-corrected chi connectivity index (χ0v) is 42.2. The normalized spacial score (nSPS) is 11.7. The number of allylic oxidation sites excluding steroid dienone is 4. The molecule has 3 aromatic rings. The maximum absolute atomic E-state index is 14.6. The molecule has 8 nitrogen and oxygen atoms in total. The largest absolute Gasteiger partial charge is 0.507 e. The molecule has 0 radical (unpaired) electrons. The predicted octanol–water partition coefficient (Wildman–Crippen LogP) is 14.4. The van der Waals surface area contributed by atoms with Crippen LogP contribution in [-0.4, -0.2) is 72.5 Å². The number of rotatable bonds is 37. The lowest BCUT2D eigenvalue weighted by Gasteiger charge is -2.18. The van der Waals surface area contributed by atoms with E-state index in [1.54, 1.807) is 12.1 Å². The highest BCUT2D eigenvalue weighted by molar-refractivity contribution is 5.97. The van der Waals surface area contributed by atoms with Gasteiger partial charge in [-0.25, -0.2) is 0 Å². The topological polar surface area (TPSA) is 95.6 Å². The van der Waals surface area contributed by atoms with Crippen molar-refractivity contribution >= 4 is 21.9 Å². The first-order chi connectivity index (χ1) is 31.1. The highest BCUT2D eigenvalue weighted by atomic mass is 16.5. The molecule has 0 aliphatic rings. The van der Waals surface area contributed by atoms with Crippen LogP contribution in [0.5, 0.6) is 17.2 Å². The molecule has 0 amide bonds. The number of unbranched alkanes of at least 4 members (excludes halogenated alkanes) is 18. The SMILES string of the molecule is CCN(CC)CCCCCCCCCCCCOc1cc2oc3cc(OCCCCCCCCCCCCN(CC)CC)c(CO)c(CC=C(C)C)c3c(=O)c2c(O)c1CC=C(C)C. The average Bonchev–Trinajstić information content (AvgIpc) is 3.27. The number of aliphatic hydroxyl groups excluding tert-OH is 1. The third kappa shape index (κ3) is 19.3. The van der Waals surface area contributed by atoms with Crippen LogP contribution in [0.4, 0.5) is 0 Å². The lowest BCUT2D eigenvalue weighted by molar-refractivity contribution is 0.259. The Balaban J connectivity index is 1.66. The molecule has 64 heavy (non-hydrogen) atoms. The van der Waals surface area contributed by atoms with Crippen LogP contribution in [0.1, 0.15) is 200 Å². The monoisotopic (exact) mass is 889 g/mol. The first-order valence-electron chi connectivity index (χ1n) is 26.0. The Bertz CT molecular complexity index is 1860. The fraction of sp³-hybridized carbons (Fsp3) is 0.696. The van der Waals surface area contributed by atoms with Gasteiger partial charge in [-0.05, 0) is 111 Å². The smallest absolute Gasteiger partial charge is 0.204 e. The van der Waals surface area contributed by atoms with E-state index in [1.165, 1.54) is 116 Å². The van der Waals surface area contributed by atoms with Gasteiger partial charge in [0.05, 0.1) is 25.2 Å². The van der Waals surface area contributed by atoms with Crippen LogP contribution in [0, 0.1) is 0 Å². The Morgan fingerprint density at radius 3 is 1.28 bits per heavy atom. The fourth-order valence-electron chi connectivity index (χ4n) is 8.88. The number of hydrogen-bond donors (Lipinski definition) is 2. The summed E-state index contributed by atoms with van der Waals surface area (Å²) in [6.07, 6.45) is 29.7. The summed E-state index contributed by atoms with van der Waals surface area (Å²) in [7, 11) is 0. The van der Waals surface area contributed by atoms with E-state index >= 15 is 0 Å².